The van der Waals surface area contributed by atoms with Gasteiger partial charge in [-0.05, 0) is 24.3 Å². The molecule has 2 heterocycles. The molecule has 0 saturated carbocycles. The topological polar surface area (TPSA) is 43.6 Å². The summed E-state index contributed by atoms with van der Waals surface area (Å²) in [6.45, 7) is 2.09. The lowest BCUT2D eigenvalue weighted by atomic mass is 10.3. The van der Waals surface area contributed by atoms with Gasteiger partial charge in [0.15, 0.2) is 5.16 Å². The third-order valence-electron chi connectivity index (χ3n) is 3.11. The van der Waals surface area contributed by atoms with Crippen LogP contribution >= 0.6 is 11.8 Å². The Morgan fingerprint density at radius 3 is 2.52 bits per heavy atom. The summed E-state index contributed by atoms with van der Waals surface area (Å²) in [6, 6.07) is 16.2. The van der Waals surface area contributed by atoms with Crippen molar-refractivity contribution in [1.29, 1.82) is 0 Å². The van der Waals surface area contributed by atoms with Crippen molar-refractivity contribution in [3.05, 3.63) is 66.2 Å². The van der Waals surface area contributed by atoms with Gasteiger partial charge < -0.3 is 0 Å². The smallest absolute Gasteiger partial charge is 0.196 e. The summed E-state index contributed by atoms with van der Waals surface area (Å²) in [5.41, 5.74) is 2.14. The first-order valence-electron chi connectivity index (χ1n) is 6.91. The minimum Gasteiger partial charge on any atom is -0.274 e. The third-order valence-corrected chi connectivity index (χ3v) is 4.07. The summed E-state index contributed by atoms with van der Waals surface area (Å²) in [7, 11) is 0. The molecule has 0 radical (unpaired) electrons. The predicted molar refractivity (Wildman–Crippen MR) is 84.5 cm³/mol. The first-order chi connectivity index (χ1) is 10.4. The van der Waals surface area contributed by atoms with Crippen LogP contribution in [0.25, 0.3) is 5.69 Å². The van der Waals surface area contributed by atoms with Crippen molar-refractivity contribution in [2.24, 2.45) is 0 Å². The lowest BCUT2D eigenvalue weighted by molar-refractivity contribution is 0.836. The van der Waals surface area contributed by atoms with Crippen LogP contribution in [-0.4, -0.2) is 19.7 Å². The highest BCUT2D eigenvalue weighted by Gasteiger charge is 2.13. The van der Waals surface area contributed by atoms with Crippen LogP contribution in [0.3, 0.4) is 0 Å². The molecule has 0 amide bonds. The zero-order valence-corrected chi connectivity index (χ0v) is 12.6. The average molecular weight is 296 g/mol. The Hall–Kier alpha value is -2.14. The number of aryl methyl sites for hydroxylation is 1. The first-order valence-corrected chi connectivity index (χ1v) is 7.89. The van der Waals surface area contributed by atoms with E-state index in [4.69, 9.17) is 0 Å². The van der Waals surface area contributed by atoms with E-state index in [2.05, 4.69) is 38.8 Å². The highest BCUT2D eigenvalue weighted by Crippen LogP contribution is 2.24. The van der Waals surface area contributed by atoms with Gasteiger partial charge in [0, 0.05) is 24.1 Å². The number of hydrogen-bond acceptors (Lipinski definition) is 4. The maximum atomic E-state index is 4.34. The van der Waals surface area contributed by atoms with Crippen LogP contribution < -0.4 is 0 Å². The standard InChI is InChI=1S/C16H16N4S/c1-2-15-18-19-16(20(15)14-9-4-3-5-10-14)21-12-13-8-6-7-11-17-13/h3-11H,2,12H2,1H3. The fourth-order valence-electron chi connectivity index (χ4n) is 2.08. The molecule has 106 valence electrons. The van der Waals surface area contributed by atoms with Gasteiger partial charge >= 0.3 is 0 Å². The lowest BCUT2D eigenvalue weighted by Crippen LogP contribution is -2.01. The van der Waals surface area contributed by atoms with E-state index in [1.54, 1.807) is 11.8 Å². The monoisotopic (exact) mass is 296 g/mol. The number of thioether (sulfide) groups is 1. The number of pyridine rings is 1. The van der Waals surface area contributed by atoms with Crippen LogP contribution in [0.4, 0.5) is 0 Å². The zero-order valence-electron chi connectivity index (χ0n) is 11.8. The average Bonchev–Trinajstić information content (AvgIpc) is 2.97. The highest BCUT2D eigenvalue weighted by atomic mass is 32.2. The molecular formula is C16H16N4S. The molecule has 0 unspecified atom stereocenters. The Morgan fingerprint density at radius 1 is 1.00 bits per heavy atom. The zero-order chi connectivity index (χ0) is 14.5. The predicted octanol–water partition coefficient (Wildman–Crippen LogP) is 3.52. The van der Waals surface area contributed by atoms with Crippen molar-refractivity contribution in [2.45, 2.75) is 24.3 Å². The van der Waals surface area contributed by atoms with Crippen LogP contribution in [0.2, 0.25) is 0 Å². The summed E-state index contributed by atoms with van der Waals surface area (Å²) >= 11 is 1.66. The molecule has 5 heteroatoms. The molecule has 2 aromatic heterocycles. The number of para-hydroxylation sites is 1. The Morgan fingerprint density at radius 2 is 1.81 bits per heavy atom. The number of benzene rings is 1. The maximum absolute atomic E-state index is 4.34. The molecule has 0 N–H and O–H groups in total. The van der Waals surface area contributed by atoms with Crippen LogP contribution in [0.15, 0.2) is 59.9 Å². The quantitative estimate of drug-likeness (QED) is 0.676. The minimum absolute atomic E-state index is 0.787. The second kappa shape index (κ2) is 6.54. The first kappa shape index (κ1) is 13.8. The molecule has 0 fully saturated rings. The summed E-state index contributed by atoms with van der Waals surface area (Å²) < 4.78 is 2.12. The van der Waals surface area contributed by atoms with Crippen molar-refractivity contribution in [1.82, 2.24) is 19.7 Å². The summed E-state index contributed by atoms with van der Waals surface area (Å²) in [5, 5.41) is 9.53. The molecule has 4 nitrogen and oxygen atoms in total. The molecule has 0 spiro atoms. The van der Waals surface area contributed by atoms with Gasteiger partial charge in [-0.25, -0.2) is 0 Å². The van der Waals surface area contributed by atoms with Crippen molar-refractivity contribution >= 4 is 11.8 Å². The van der Waals surface area contributed by atoms with Crippen LogP contribution in [0.5, 0.6) is 0 Å². The van der Waals surface area contributed by atoms with Crippen LogP contribution in [0.1, 0.15) is 18.4 Å². The van der Waals surface area contributed by atoms with Crippen molar-refractivity contribution in [2.75, 3.05) is 0 Å². The van der Waals surface area contributed by atoms with Gasteiger partial charge in [0.1, 0.15) is 5.82 Å². The SMILES string of the molecule is CCc1nnc(SCc2ccccn2)n1-c1ccccc1. The van der Waals surface area contributed by atoms with Gasteiger partial charge in [0.25, 0.3) is 0 Å². The van der Waals surface area contributed by atoms with E-state index in [1.807, 2.05) is 42.6 Å². The van der Waals surface area contributed by atoms with E-state index in [1.165, 1.54) is 0 Å². The second-order valence-corrected chi connectivity index (χ2v) is 5.48. The fraction of sp³-hybridized carbons (Fsp3) is 0.188. The fourth-order valence-corrected chi connectivity index (χ4v) is 2.97. The Kier molecular flexibility index (Phi) is 4.31. The Bertz CT molecular complexity index is 695. The van der Waals surface area contributed by atoms with Gasteiger partial charge in [-0.2, -0.15) is 0 Å². The molecule has 3 rings (SSSR count). The molecule has 0 aliphatic carbocycles. The molecule has 0 atom stereocenters. The largest absolute Gasteiger partial charge is 0.274 e. The van der Waals surface area contributed by atoms with E-state index in [0.29, 0.717) is 0 Å². The maximum Gasteiger partial charge on any atom is 0.196 e. The van der Waals surface area contributed by atoms with Gasteiger partial charge in [0.05, 0.1) is 5.69 Å². The van der Waals surface area contributed by atoms with Crippen LogP contribution in [-0.2, 0) is 12.2 Å². The summed E-state index contributed by atoms with van der Waals surface area (Å²) in [6.07, 6.45) is 2.67. The second-order valence-electron chi connectivity index (χ2n) is 4.53. The van der Waals surface area contributed by atoms with Crippen molar-refractivity contribution < 1.29 is 0 Å². The van der Waals surface area contributed by atoms with E-state index in [0.717, 1.165) is 34.5 Å². The normalized spacial score (nSPS) is 10.7. The van der Waals surface area contributed by atoms with E-state index in [-0.39, 0.29) is 0 Å². The number of rotatable bonds is 5. The number of aromatic nitrogens is 4. The van der Waals surface area contributed by atoms with Crippen LogP contribution in [0, 0.1) is 0 Å². The number of nitrogens with zero attached hydrogens (tertiary/aromatic N) is 4. The molecule has 0 aliphatic rings. The third kappa shape index (κ3) is 3.13. The molecule has 3 aromatic rings. The van der Waals surface area contributed by atoms with E-state index in [9.17, 15) is 0 Å². The molecule has 21 heavy (non-hydrogen) atoms. The Balaban J connectivity index is 1.87. The Labute approximate surface area is 128 Å². The van der Waals surface area contributed by atoms with Gasteiger partial charge in [-0.1, -0.05) is 43.0 Å². The molecule has 0 saturated heterocycles. The summed E-state index contributed by atoms with van der Waals surface area (Å²) in [5.74, 6) is 1.76. The van der Waals surface area contributed by atoms with Crippen molar-refractivity contribution in [3.63, 3.8) is 0 Å². The minimum atomic E-state index is 0.787. The molecule has 0 aliphatic heterocycles. The van der Waals surface area contributed by atoms with Crippen molar-refractivity contribution in [3.8, 4) is 5.69 Å². The van der Waals surface area contributed by atoms with E-state index < -0.39 is 0 Å². The van der Waals surface area contributed by atoms with Gasteiger partial charge in [-0.3, -0.25) is 9.55 Å². The van der Waals surface area contributed by atoms with Gasteiger partial charge in [0.2, 0.25) is 0 Å². The molecule has 0 bridgehead atoms. The molecular weight excluding hydrogens is 280 g/mol. The highest BCUT2D eigenvalue weighted by molar-refractivity contribution is 7.98. The lowest BCUT2D eigenvalue weighted by Gasteiger charge is -2.08. The summed E-state index contributed by atoms with van der Waals surface area (Å²) in [4.78, 5) is 4.34. The van der Waals surface area contributed by atoms with Gasteiger partial charge in [-0.15, -0.1) is 10.2 Å². The van der Waals surface area contributed by atoms with E-state index >= 15 is 0 Å². The number of hydrogen-bond donors (Lipinski definition) is 0. The molecule has 1 aromatic carbocycles.